The summed E-state index contributed by atoms with van der Waals surface area (Å²) >= 11 is 7.54. The zero-order chi connectivity index (χ0) is 19.5. The van der Waals surface area contributed by atoms with Gasteiger partial charge in [-0.25, -0.2) is 9.37 Å². The molecule has 4 nitrogen and oxygen atoms in total. The number of nitrogens with zero attached hydrogens (tertiary/aromatic N) is 3. The van der Waals surface area contributed by atoms with E-state index in [-0.39, 0.29) is 11.7 Å². The number of amides is 1. The third kappa shape index (κ3) is 4.18. The van der Waals surface area contributed by atoms with Gasteiger partial charge in [0.2, 0.25) is 0 Å². The molecule has 28 heavy (non-hydrogen) atoms. The van der Waals surface area contributed by atoms with Gasteiger partial charge in [-0.1, -0.05) is 11.6 Å². The van der Waals surface area contributed by atoms with Crippen molar-refractivity contribution in [2.45, 2.75) is 19.4 Å². The maximum Gasteiger partial charge on any atom is 0.258 e. The Kier molecular flexibility index (Phi) is 5.59. The fourth-order valence-corrected chi connectivity index (χ4v) is 4.31. The predicted octanol–water partition coefficient (Wildman–Crippen LogP) is 5.38. The van der Waals surface area contributed by atoms with Crippen LogP contribution in [0.5, 0.6) is 0 Å². The van der Waals surface area contributed by atoms with Gasteiger partial charge in [0.05, 0.1) is 6.54 Å². The number of rotatable bonds is 5. The van der Waals surface area contributed by atoms with E-state index in [9.17, 15) is 9.18 Å². The summed E-state index contributed by atoms with van der Waals surface area (Å²) in [5.74, 6) is -0.504. The molecule has 2 aromatic carbocycles. The van der Waals surface area contributed by atoms with Gasteiger partial charge < -0.3 is 9.80 Å². The molecule has 0 saturated carbocycles. The molecule has 0 bridgehead atoms. The zero-order valence-corrected chi connectivity index (χ0v) is 16.7. The Morgan fingerprint density at radius 2 is 1.79 bits per heavy atom. The van der Waals surface area contributed by atoms with Crippen LogP contribution in [0.25, 0.3) is 0 Å². The molecule has 1 fully saturated rings. The van der Waals surface area contributed by atoms with Gasteiger partial charge in [-0.2, -0.15) is 0 Å². The largest absolute Gasteiger partial charge is 0.348 e. The number of hydrogen-bond donors (Lipinski definition) is 0. The van der Waals surface area contributed by atoms with E-state index in [1.165, 1.54) is 25.0 Å². The number of aromatic nitrogens is 1. The normalized spacial score (nSPS) is 13.7. The summed E-state index contributed by atoms with van der Waals surface area (Å²) < 4.78 is 13.4. The Balaban J connectivity index is 1.62. The van der Waals surface area contributed by atoms with Gasteiger partial charge in [0.1, 0.15) is 5.82 Å². The highest BCUT2D eigenvalue weighted by atomic mass is 35.5. The quantitative estimate of drug-likeness (QED) is 0.561. The lowest BCUT2D eigenvalue weighted by atomic mass is 10.1. The summed E-state index contributed by atoms with van der Waals surface area (Å²) in [5.41, 5.74) is 1.16. The average Bonchev–Trinajstić information content (AvgIpc) is 3.39. The van der Waals surface area contributed by atoms with Crippen LogP contribution in [-0.4, -0.2) is 24.0 Å². The smallest absolute Gasteiger partial charge is 0.258 e. The molecule has 0 unspecified atom stereocenters. The second kappa shape index (κ2) is 8.29. The minimum atomic E-state index is -0.336. The molecule has 0 aliphatic carbocycles. The number of anilines is 2. The fraction of sp³-hybridized carbons (Fsp3) is 0.238. The Hall–Kier alpha value is -2.44. The minimum Gasteiger partial charge on any atom is -0.348 e. The first kappa shape index (κ1) is 18.9. The van der Waals surface area contributed by atoms with E-state index >= 15 is 0 Å². The number of carbonyl (C=O) groups is 1. The first-order valence-electron chi connectivity index (χ1n) is 9.13. The summed E-state index contributed by atoms with van der Waals surface area (Å²) in [7, 11) is 0. The molecule has 1 aromatic heterocycles. The van der Waals surface area contributed by atoms with Crippen LogP contribution in [0.2, 0.25) is 5.02 Å². The van der Waals surface area contributed by atoms with Gasteiger partial charge in [-0.05, 0) is 61.4 Å². The monoisotopic (exact) mass is 415 g/mol. The van der Waals surface area contributed by atoms with Gasteiger partial charge in [0.15, 0.2) is 5.13 Å². The highest BCUT2D eigenvalue weighted by Gasteiger charge is 2.21. The van der Waals surface area contributed by atoms with E-state index in [2.05, 4.69) is 9.88 Å². The Morgan fingerprint density at radius 3 is 2.46 bits per heavy atom. The van der Waals surface area contributed by atoms with Crippen LogP contribution in [0.15, 0.2) is 54.7 Å². The number of carbonyl (C=O) groups excluding carboxylic acids is 1. The van der Waals surface area contributed by atoms with Crippen LogP contribution in [0.3, 0.4) is 0 Å². The lowest BCUT2D eigenvalue weighted by Crippen LogP contribution is -2.30. The molecule has 1 amide bonds. The molecule has 144 valence electrons. The van der Waals surface area contributed by atoms with Crippen LogP contribution in [0, 0.1) is 5.82 Å². The molecule has 4 rings (SSSR count). The molecule has 0 atom stereocenters. The molecule has 1 aliphatic heterocycles. The second-order valence-corrected chi connectivity index (χ2v) is 8.21. The third-order valence-corrected chi connectivity index (χ3v) is 6.00. The van der Waals surface area contributed by atoms with E-state index in [4.69, 9.17) is 11.6 Å². The SMILES string of the molecule is O=C(c1ccc(Cl)cc1)N(Cc1cnc(N2CCCC2)s1)c1ccc(F)cc1. The highest BCUT2D eigenvalue weighted by molar-refractivity contribution is 7.15. The predicted molar refractivity (Wildman–Crippen MR) is 112 cm³/mol. The second-order valence-electron chi connectivity index (χ2n) is 6.68. The van der Waals surface area contributed by atoms with Crippen molar-refractivity contribution in [2.75, 3.05) is 22.9 Å². The van der Waals surface area contributed by atoms with Crippen molar-refractivity contribution < 1.29 is 9.18 Å². The molecule has 2 heterocycles. The lowest BCUT2D eigenvalue weighted by Gasteiger charge is -2.22. The Morgan fingerprint density at radius 1 is 1.11 bits per heavy atom. The molecule has 7 heteroatoms. The van der Waals surface area contributed by atoms with Gasteiger partial charge in [0, 0.05) is 40.4 Å². The van der Waals surface area contributed by atoms with Gasteiger partial charge in [-0.3, -0.25) is 4.79 Å². The van der Waals surface area contributed by atoms with Crippen LogP contribution in [0.4, 0.5) is 15.2 Å². The first-order chi connectivity index (χ1) is 13.6. The molecule has 0 radical (unpaired) electrons. The topological polar surface area (TPSA) is 36.4 Å². The maximum absolute atomic E-state index is 13.4. The van der Waals surface area contributed by atoms with Gasteiger partial charge >= 0.3 is 0 Å². The molecule has 3 aromatic rings. The lowest BCUT2D eigenvalue weighted by molar-refractivity contribution is 0.0985. The van der Waals surface area contributed by atoms with Gasteiger partial charge in [0.25, 0.3) is 5.91 Å². The van der Waals surface area contributed by atoms with Crippen molar-refractivity contribution in [2.24, 2.45) is 0 Å². The third-order valence-electron chi connectivity index (χ3n) is 4.71. The van der Waals surface area contributed by atoms with E-state index in [1.807, 2.05) is 6.20 Å². The van der Waals surface area contributed by atoms with E-state index < -0.39 is 0 Å². The summed E-state index contributed by atoms with van der Waals surface area (Å²) in [4.78, 5) is 22.6. The number of benzene rings is 2. The summed E-state index contributed by atoms with van der Waals surface area (Å²) in [5, 5.41) is 1.56. The molecule has 1 aliphatic rings. The molecular weight excluding hydrogens is 397 g/mol. The van der Waals surface area contributed by atoms with Crippen molar-refractivity contribution in [3.63, 3.8) is 0 Å². The Bertz CT molecular complexity index is 953. The van der Waals surface area contributed by atoms with Gasteiger partial charge in [-0.15, -0.1) is 11.3 Å². The standard InChI is InChI=1S/C21H19ClFN3OS/c22-16-5-3-15(4-6-16)20(27)26(18-9-7-17(23)8-10-18)14-19-13-24-21(28-19)25-11-1-2-12-25/h3-10,13H,1-2,11-12,14H2. The van der Waals surface area contributed by atoms with Crippen molar-refractivity contribution >= 4 is 39.7 Å². The number of halogens is 2. The van der Waals surface area contributed by atoms with Crippen molar-refractivity contribution in [1.82, 2.24) is 4.98 Å². The van der Waals surface area contributed by atoms with E-state index in [0.717, 1.165) is 23.1 Å². The van der Waals surface area contributed by atoms with Crippen molar-refractivity contribution in [3.8, 4) is 0 Å². The van der Waals surface area contributed by atoms with Crippen LogP contribution in [0.1, 0.15) is 28.1 Å². The average molecular weight is 416 g/mol. The fourth-order valence-electron chi connectivity index (χ4n) is 3.23. The molecule has 0 N–H and O–H groups in total. The van der Waals surface area contributed by atoms with Crippen LogP contribution < -0.4 is 9.80 Å². The van der Waals surface area contributed by atoms with Crippen molar-refractivity contribution in [3.05, 3.63) is 76.0 Å². The highest BCUT2D eigenvalue weighted by Crippen LogP contribution is 2.29. The number of hydrogen-bond acceptors (Lipinski definition) is 4. The summed E-state index contributed by atoms with van der Waals surface area (Å²) in [6.45, 7) is 2.43. The van der Waals surface area contributed by atoms with Crippen LogP contribution >= 0.6 is 22.9 Å². The number of thiazole rings is 1. The summed E-state index contributed by atoms with van der Waals surface area (Å²) in [6.07, 6.45) is 4.20. The molecule has 1 saturated heterocycles. The first-order valence-corrected chi connectivity index (χ1v) is 10.3. The molecule has 0 spiro atoms. The maximum atomic E-state index is 13.4. The summed E-state index contributed by atoms with van der Waals surface area (Å²) in [6, 6.07) is 12.7. The van der Waals surface area contributed by atoms with E-state index in [1.54, 1.807) is 52.6 Å². The zero-order valence-electron chi connectivity index (χ0n) is 15.1. The van der Waals surface area contributed by atoms with E-state index in [0.29, 0.717) is 22.8 Å². The van der Waals surface area contributed by atoms with Crippen LogP contribution in [-0.2, 0) is 6.54 Å². The van der Waals surface area contributed by atoms with Crippen molar-refractivity contribution in [1.29, 1.82) is 0 Å². The minimum absolute atomic E-state index is 0.167. The Labute approximate surface area is 172 Å². The molecular formula is C21H19ClFN3OS.